The summed E-state index contributed by atoms with van der Waals surface area (Å²) in [6, 6.07) is 0. The van der Waals surface area contributed by atoms with Crippen LogP contribution in [0.4, 0.5) is 0 Å². The first kappa shape index (κ1) is 15.2. The zero-order valence-electron chi connectivity index (χ0n) is 13.1. The minimum Gasteiger partial charge on any atom is -0.335 e. The lowest BCUT2D eigenvalue weighted by Crippen LogP contribution is -2.51. The first-order valence-corrected chi connectivity index (χ1v) is 7.84. The highest BCUT2D eigenvalue weighted by molar-refractivity contribution is 5.88. The number of hydrogen-bond donors (Lipinski definition) is 0. The maximum Gasteiger partial charge on any atom is 0.160 e. The van der Waals surface area contributed by atoms with Gasteiger partial charge in [-0.3, -0.25) is 9.69 Å². The SMILES string of the molecule is CCn1ccnc1CC(=O)C(C)(C)N1CCCCCC1. The molecule has 4 heteroatoms. The van der Waals surface area contributed by atoms with E-state index in [4.69, 9.17) is 0 Å². The second-order valence-electron chi connectivity index (χ2n) is 6.19. The van der Waals surface area contributed by atoms with Crippen LogP contribution in [-0.4, -0.2) is 38.9 Å². The number of hydrogen-bond acceptors (Lipinski definition) is 3. The molecule has 112 valence electrons. The molecule has 0 radical (unpaired) electrons. The Bertz CT molecular complexity index is 442. The molecule has 0 atom stereocenters. The van der Waals surface area contributed by atoms with Crippen molar-refractivity contribution < 1.29 is 4.79 Å². The third-order valence-electron chi connectivity index (χ3n) is 4.54. The van der Waals surface area contributed by atoms with E-state index in [9.17, 15) is 4.79 Å². The van der Waals surface area contributed by atoms with E-state index in [0.29, 0.717) is 6.42 Å². The summed E-state index contributed by atoms with van der Waals surface area (Å²) in [6.07, 6.45) is 9.17. The highest BCUT2D eigenvalue weighted by Gasteiger charge is 2.34. The molecule has 1 aliphatic rings. The van der Waals surface area contributed by atoms with Crippen molar-refractivity contribution in [3.63, 3.8) is 0 Å². The van der Waals surface area contributed by atoms with E-state index >= 15 is 0 Å². The van der Waals surface area contributed by atoms with Gasteiger partial charge in [0.1, 0.15) is 5.82 Å². The molecular weight excluding hydrogens is 250 g/mol. The number of Topliss-reactive ketones (excluding diaryl/α,β-unsaturated/α-hetero) is 1. The van der Waals surface area contributed by atoms with Crippen LogP contribution in [0, 0.1) is 0 Å². The van der Waals surface area contributed by atoms with Crippen molar-refractivity contribution in [3.05, 3.63) is 18.2 Å². The number of nitrogens with zero attached hydrogens (tertiary/aromatic N) is 3. The maximum absolute atomic E-state index is 12.7. The van der Waals surface area contributed by atoms with E-state index in [-0.39, 0.29) is 11.3 Å². The second-order valence-corrected chi connectivity index (χ2v) is 6.19. The van der Waals surface area contributed by atoms with Gasteiger partial charge in [0.15, 0.2) is 5.78 Å². The largest absolute Gasteiger partial charge is 0.335 e. The van der Waals surface area contributed by atoms with Crippen LogP contribution in [0.3, 0.4) is 0 Å². The van der Waals surface area contributed by atoms with E-state index in [2.05, 4.69) is 35.2 Å². The van der Waals surface area contributed by atoms with Crippen LogP contribution in [0.2, 0.25) is 0 Å². The molecule has 0 bridgehead atoms. The predicted molar refractivity (Wildman–Crippen MR) is 80.7 cm³/mol. The summed E-state index contributed by atoms with van der Waals surface area (Å²) < 4.78 is 2.05. The third-order valence-corrected chi connectivity index (χ3v) is 4.54. The molecule has 1 aromatic heterocycles. The first-order chi connectivity index (χ1) is 9.55. The van der Waals surface area contributed by atoms with Crippen molar-refractivity contribution in [1.82, 2.24) is 14.5 Å². The molecule has 1 fully saturated rings. The zero-order valence-corrected chi connectivity index (χ0v) is 13.1. The molecule has 0 saturated carbocycles. The minimum absolute atomic E-state index is 0.278. The molecule has 2 heterocycles. The Balaban J connectivity index is 2.06. The number of imidazole rings is 1. The number of likely N-dealkylation sites (tertiary alicyclic amines) is 1. The van der Waals surface area contributed by atoms with Gasteiger partial charge in [-0.2, -0.15) is 0 Å². The lowest BCUT2D eigenvalue weighted by atomic mass is 9.93. The van der Waals surface area contributed by atoms with Gasteiger partial charge in [-0.15, -0.1) is 0 Å². The van der Waals surface area contributed by atoms with E-state index in [0.717, 1.165) is 25.5 Å². The van der Waals surface area contributed by atoms with Crippen molar-refractivity contribution >= 4 is 5.78 Å². The molecular formula is C16H27N3O. The first-order valence-electron chi connectivity index (χ1n) is 7.84. The smallest absolute Gasteiger partial charge is 0.160 e. The van der Waals surface area contributed by atoms with Crippen LogP contribution in [0.25, 0.3) is 0 Å². The van der Waals surface area contributed by atoms with E-state index in [1.165, 1.54) is 25.7 Å². The molecule has 0 amide bonds. The Morgan fingerprint density at radius 2 is 1.90 bits per heavy atom. The van der Waals surface area contributed by atoms with Crippen molar-refractivity contribution in [2.45, 2.75) is 65.0 Å². The van der Waals surface area contributed by atoms with Crippen LogP contribution in [0.15, 0.2) is 12.4 Å². The molecule has 0 spiro atoms. The van der Waals surface area contributed by atoms with Crippen molar-refractivity contribution in [3.8, 4) is 0 Å². The van der Waals surface area contributed by atoms with Crippen molar-refractivity contribution in [2.24, 2.45) is 0 Å². The third kappa shape index (κ3) is 3.29. The maximum atomic E-state index is 12.7. The second kappa shape index (κ2) is 6.53. The molecule has 1 aliphatic heterocycles. The topological polar surface area (TPSA) is 38.1 Å². The van der Waals surface area contributed by atoms with Crippen LogP contribution in [-0.2, 0) is 17.8 Å². The number of aryl methyl sites for hydroxylation is 1. The summed E-state index contributed by atoms with van der Waals surface area (Å²) in [5, 5.41) is 0. The van der Waals surface area contributed by atoms with Gasteiger partial charge in [-0.05, 0) is 46.7 Å². The molecule has 4 nitrogen and oxygen atoms in total. The van der Waals surface area contributed by atoms with E-state index in [1.807, 2.05) is 6.20 Å². The molecule has 1 saturated heterocycles. The lowest BCUT2D eigenvalue weighted by molar-refractivity contribution is -0.128. The van der Waals surface area contributed by atoms with Gasteiger partial charge in [0.25, 0.3) is 0 Å². The monoisotopic (exact) mass is 277 g/mol. The average molecular weight is 277 g/mol. The molecule has 20 heavy (non-hydrogen) atoms. The molecule has 0 unspecified atom stereocenters. The number of carbonyl (C=O) groups is 1. The number of carbonyl (C=O) groups excluding carboxylic acids is 1. The van der Waals surface area contributed by atoms with Gasteiger partial charge in [0, 0.05) is 18.9 Å². The molecule has 2 rings (SSSR count). The Morgan fingerprint density at radius 1 is 1.25 bits per heavy atom. The van der Waals surface area contributed by atoms with Gasteiger partial charge in [-0.25, -0.2) is 4.98 Å². The minimum atomic E-state index is -0.380. The molecule has 0 aliphatic carbocycles. The molecule has 0 aromatic carbocycles. The van der Waals surface area contributed by atoms with Crippen LogP contribution < -0.4 is 0 Å². The van der Waals surface area contributed by atoms with Gasteiger partial charge in [0.05, 0.1) is 12.0 Å². The zero-order chi connectivity index (χ0) is 14.6. The van der Waals surface area contributed by atoms with Gasteiger partial charge in [0.2, 0.25) is 0 Å². The van der Waals surface area contributed by atoms with Crippen LogP contribution >= 0.6 is 0 Å². The summed E-state index contributed by atoms with van der Waals surface area (Å²) in [4.78, 5) is 19.4. The summed E-state index contributed by atoms with van der Waals surface area (Å²) in [6.45, 7) is 9.17. The van der Waals surface area contributed by atoms with Gasteiger partial charge >= 0.3 is 0 Å². The predicted octanol–water partition coefficient (Wildman–Crippen LogP) is 2.67. The van der Waals surface area contributed by atoms with E-state index < -0.39 is 0 Å². The fraction of sp³-hybridized carbons (Fsp3) is 0.750. The Hall–Kier alpha value is -1.16. The lowest BCUT2D eigenvalue weighted by Gasteiger charge is -2.36. The number of aromatic nitrogens is 2. The van der Waals surface area contributed by atoms with Gasteiger partial charge < -0.3 is 4.57 Å². The summed E-state index contributed by atoms with van der Waals surface area (Å²) in [5.41, 5.74) is -0.380. The number of ketones is 1. The summed E-state index contributed by atoms with van der Waals surface area (Å²) in [5.74, 6) is 1.17. The standard InChI is InChI=1S/C16H27N3O/c1-4-18-12-9-17-15(18)13-14(20)16(2,3)19-10-7-5-6-8-11-19/h9,12H,4-8,10-11,13H2,1-3H3. The van der Waals surface area contributed by atoms with E-state index in [1.54, 1.807) is 6.20 Å². The van der Waals surface area contributed by atoms with Crippen molar-refractivity contribution in [1.29, 1.82) is 0 Å². The molecule has 1 aromatic rings. The fourth-order valence-electron chi connectivity index (χ4n) is 2.96. The highest BCUT2D eigenvalue weighted by atomic mass is 16.1. The average Bonchev–Trinajstić information content (AvgIpc) is 2.70. The highest BCUT2D eigenvalue weighted by Crippen LogP contribution is 2.22. The summed E-state index contributed by atoms with van der Waals surface area (Å²) in [7, 11) is 0. The van der Waals surface area contributed by atoms with Crippen LogP contribution in [0.5, 0.6) is 0 Å². The number of rotatable bonds is 5. The van der Waals surface area contributed by atoms with Crippen LogP contribution in [0.1, 0.15) is 52.3 Å². The molecule has 0 N–H and O–H groups in total. The quantitative estimate of drug-likeness (QED) is 0.830. The Kier molecular flexibility index (Phi) is 4.97. The normalized spacial score (nSPS) is 17.9. The Labute approximate surface area is 122 Å². The summed E-state index contributed by atoms with van der Waals surface area (Å²) >= 11 is 0. The fourth-order valence-corrected chi connectivity index (χ4v) is 2.96. The van der Waals surface area contributed by atoms with Gasteiger partial charge in [-0.1, -0.05) is 12.8 Å². The van der Waals surface area contributed by atoms with Crippen molar-refractivity contribution in [2.75, 3.05) is 13.1 Å². The Morgan fingerprint density at radius 3 is 2.50 bits per heavy atom.